The average Bonchev–Trinajstić information content (AvgIpc) is 2.48. The fourth-order valence-corrected chi connectivity index (χ4v) is 0.874. The lowest BCUT2D eigenvalue weighted by Crippen LogP contribution is -2.01. The van der Waals surface area contributed by atoms with Gasteiger partial charge in [0.1, 0.15) is 11.6 Å². The van der Waals surface area contributed by atoms with Gasteiger partial charge in [-0.25, -0.2) is 4.98 Å². The fourth-order valence-electron chi connectivity index (χ4n) is 0.874. The molecule has 4 heteroatoms. The predicted octanol–water partition coefficient (Wildman–Crippen LogP) is 0.258. The highest BCUT2D eigenvalue weighted by Crippen LogP contribution is 1.95. The molecule has 0 unspecified atom stereocenters. The molecule has 0 amide bonds. The summed E-state index contributed by atoms with van der Waals surface area (Å²) in [6, 6.07) is 0. The van der Waals surface area contributed by atoms with Crippen LogP contribution in [0.5, 0.6) is 0 Å². The predicted molar refractivity (Wildman–Crippen MR) is 43.1 cm³/mol. The zero-order valence-electron chi connectivity index (χ0n) is 6.80. The first-order chi connectivity index (χ1) is 5.36. The molecule has 62 valence electrons. The summed E-state index contributed by atoms with van der Waals surface area (Å²) < 4.78 is 0. The van der Waals surface area contributed by atoms with E-state index in [1.807, 2.05) is 6.92 Å². The summed E-state index contributed by atoms with van der Waals surface area (Å²) in [6.07, 6.45) is 2.76. The van der Waals surface area contributed by atoms with Crippen molar-refractivity contribution >= 4 is 0 Å². The molecule has 0 aliphatic carbocycles. The lowest BCUT2D eigenvalue weighted by molar-refractivity contribution is 0.785. The summed E-state index contributed by atoms with van der Waals surface area (Å²) in [5.74, 6) is 1.84. The summed E-state index contributed by atoms with van der Waals surface area (Å²) in [5, 5.41) is 6.89. The Morgan fingerprint density at radius 2 is 2.36 bits per heavy atom. The van der Waals surface area contributed by atoms with Crippen molar-refractivity contribution in [3.8, 4) is 0 Å². The lowest BCUT2D eigenvalue weighted by atomic mass is 10.3. The summed E-state index contributed by atoms with van der Waals surface area (Å²) in [4.78, 5) is 4.24. The van der Waals surface area contributed by atoms with Crippen LogP contribution < -0.4 is 5.73 Å². The largest absolute Gasteiger partial charge is 0.330 e. The molecule has 0 spiro atoms. The lowest BCUT2D eigenvalue weighted by Gasteiger charge is -1.90. The van der Waals surface area contributed by atoms with Gasteiger partial charge in [-0.15, -0.1) is 0 Å². The van der Waals surface area contributed by atoms with E-state index < -0.39 is 0 Å². The van der Waals surface area contributed by atoms with E-state index in [0.29, 0.717) is 6.54 Å². The minimum absolute atomic E-state index is 0.710. The summed E-state index contributed by atoms with van der Waals surface area (Å²) >= 11 is 0. The van der Waals surface area contributed by atoms with Crippen molar-refractivity contribution in [2.24, 2.45) is 5.73 Å². The molecule has 0 fully saturated rings. The smallest absolute Gasteiger partial charge is 0.150 e. The maximum atomic E-state index is 5.35. The van der Waals surface area contributed by atoms with Crippen LogP contribution in [0, 0.1) is 0 Å². The average molecular weight is 154 g/mol. The van der Waals surface area contributed by atoms with Crippen LogP contribution in [0.2, 0.25) is 0 Å². The monoisotopic (exact) mass is 154 g/mol. The van der Waals surface area contributed by atoms with Gasteiger partial charge in [0.25, 0.3) is 0 Å². The van der Waals surface area contributed by atoms with Gasteiger partial charge in [0.15, 0.2) is 0 Å². The van der Waals surface area contributed by atoms with Crippen LogP contribution in [0.15, 0.2) is 0 Å². The van der Waals surface area contributed by atoms with E-state index in [2.05, 4.69) is 15.2 Å². The summed E-state index contributed by atoms with van der Waals surface area (Å²) in [6.45, 7) is 2.75. The number of nitrogens with zero attached hydrogens (tertiary/aromatic N) is 2. The van der Waals surface area contributed by atoms with Gasteiger partial charge < -0.3 is 5.73 Å². The van der Waals surface area contributed by atoms with Crippen LogP contribution in [-0.2, 0) is 12.8 Å². The van der Waals surface area contributed by atoms with Gasteiger partial charge in [-0.05, 0) is 13.0 Å². The molecule has 0 saturated heterocycles. The number of nitrogens with two attached hydrogens (primary N) is 1. The summed E-state index contributed by atoms with van der Waals surface area (Å²) in [7, 11) is 0. The number of aromatic amines is 1. The van der Waals surface area contributed by atoms with Crippen molar-refractivity contribution in [2.45, 2.75) is 26.2 Å². The van der Waals surface area contributed by atoms with E-state index in [0.717, 1.165) is 30.9 Å². The van der Waals surface area contributed by atoms with Crippen molar-refractivity contribution in [1.29, 1.82) is 0 Å². The van der Waals surface area contributed by atoms with Crippen LogP contribution in [0.3, 0.4) is 0 Å². The molecule has 0 aromatic carbocycles. The second-order valence-electron chi connectivity index (χ2n) is 2.44. The van der Waals surface area contributed by atoms with Crippen LogP contribution >= 0.6 is 0 Å². The number of aryl methyl sites for hydroxylation is 2. The molecular formula is C7H14N4. The molecular weight excluding hydrogens is 140 g/mol. The van der Waals surface area contributed by atoms with Crippen molar-refractivity contribution < 1.29 is 0 Å². The normalized spacial score (nSPS) is 10.4. The Kier molecular flexibility index (Phi) is 3.04. The Labute approximate surface area is 66.2 Å². The van der Waals surface area contributed by atoms with E-state index in [-0.39, 0.29) is 0 Å². The maximum absolute atomic E-state index is 5.35. The first-order valence-corrected chi connectivity index (χ1v) is 3.97. The van der Waals surface area contributed by atoms with Gasteiger partial charge in [0.2, 0.25) is 0 Å². The van der Waals surface area contributed by atoms with Gasteiger partial charge in [-0.1, -0.05) is 6.92 Å². The standard InChI is InChI=1S/C7H14N4/c1-2-6-9-7(11-10-6)4-3-5-8/h2-5,8H2,1H3,(H,9,10,11). The zero-order chi connectivity index (χ0) is 8.10. The Bertz CT molecular complexity index is 206. The van der Waals surface area contributed by atoms with Crippen molar-refractivity contribution in [2.75, 3.05) is 6.54 Å². The molecule has 1 aromatic heterocycles. The van der Waals surface area contributed by atoms with E-state index in [1.165, 1.54) is 0 Å². The number of nitrogens with one attached hydrogen (secondary N) is 1. The van der Waals surface area contributed by atoms with Crippen molar-refractivity contribution in [1.82, 2.24) is 15.2 Å². The van der Waals surface area contributed by atoms with E-state index in [9.17, 15) is 0 Å². The number of H-pyrrole nitrogens is 1. The molecule has 1 heterocycles. The minimum Gasteiger partial charge on any atom is -0.330 e. The maximum Gasteiger partial charge on any atom is 0.150 e. The molecule has 1 rings (SSSR count). The third-order valence-electron chi connectivity index (χ3n) is 1.51. The highest BCUT2D eigenvalue weighted by atomic mass is 15.2. The van der Waals surface area contributed by atoms with Crippen LogP contribution in [0.1, 0.15) is 25.0 Å². The van der Waals surface area contributed by atoms with Crippen molar-refractivity contribution in [3.63, 3.8) is 0 Å². The quantitative estimate of drug-likeness (QED) is 0.653. The Balaban J connectivity index is 2.44. The number of hydrogen-bond acceptors (Lipinski definition) is 3. The Hall–Kier alpha value is -0.900. The molecule has 0 atom stereocenters. The minimum atomic E-state index is 0.710. The first-order valence-electron chi connectivity index (χ1n) is 3.97. The third kappa shape index (κ3) is 2.31. The molecule has 0 aliphatic rings. The Morgan fingerprint density at radius 1 is 1.55 bits per heavy atom. The van der Waals surface area contributed by atoms with Crippen LogP contribution in [-0.4, -0.2) is 21.7 Å². The van der Waals surface area contributed by atoms with Gasteiger partial charge in [-0.3, -0.25) is 5.10 Å². The first kappa shape index (κ1) is 8.20. The molecule has 11 heavy (non-hydrogen) atoms. The number of hydrogen-bond donors (Lipinski definition) is 2. The highest BCUT2D eigenvalue weighted by Gasteiger charge is 1.98. The molecule has 0 saturated carbocycles. The van der Waals surface area contributed by atoms with Gasteiger partial charge >= 0.3 is 0 Å². The highest BCUT2D eigenvalue weighted by molar-refractivity contribution is 4.89. The molecule has 0 aliphatic heterocycles. The van der Waals surface area contributed by atoms with E-state index in [4.69, 9.17) is 5.73 Å². The SMILES string of the molecule is CCc1n[nH]c(CCCN)n1. The van der Waals surface area contributed by atoms with E-state index >= 15 is 0 Å². The third-order valence-corrected chi connectivity index (χ3v) is 1.51. The van der Waals surface area contributed by atoms with Crippen LogP contribution in [0.25, 0.3) is 0 Å². The molecule has 0 radical (unpaired) electrons. The van der Waals surface area contributed by atoms with Gasteiger partial charge in [0, 0.05) is 12.8 Å². The number of aromatic nitrogens is 3. The van der Waals surface area contributed by atoms with Crippen molar-refractivity contribution in [3.05, 3.63) is 11.6 Å². The zero-order valence-corrected chi connectivity index (χ0v) is 6.80. The Morgan fingerprint density at radius 3 is 2.91 bits per heavy atom. The number of rotatable bonds is 4. The molecule has 3 N–H and O–H groups in total. The second kappa shape index (κ2) is 4.08. The van der Waals surface area contributed by atoms with Gasteiger partial charge in [0.05, 0.1) is 0 Å². The topological polar surface area (TPSA) is 67.6 Å². The van der Waals surface area contributed by atoms with Crippen LogP contribution in [0.4, 0.5) is 0 Å². The molecule has 4 nitrogen and oxygen atoms in total. The fraction of sp³-hybridized carbons (Fsp3) is 0.714. The summed E-state index contributed by atoms with van der Waals surface area (Å²) in [5.41, 5.74) is 5.35. The second-order valence-corrected chi connectivity index (χ2v) is 2.44. The van der Waals surface area contributed by atoms with Gasteiger partial charge in [-0.2, -0.15) is 5.10 Å². The van der Waals surface area contributed by atoms with E-state index in [1.54, 1.807) is 0 Å². The molecule has 0 bridgehead atoms. The molecule has 1 aromatic rings.